The quantitative estimate of drug-likeness (QED) is 0.446. The van der Waals surface area contributed by atoms with E-state index in [1.807, 2.05) is 31.2 Å². The van der Waals surface area contributed by atoms with E-state index in [2.05, 4.69) is 19.2 Å². The van der Waals surface area contributed by atoms with Crippen LogP contribution in [-0.4, -0.2) is 18.9 Å². The van der Waals surface area contributed by atoms with Gasteiger partial charge in [0, 0.05) is 10.7 Å². The number of halogens is 1. The lowest BCUT2D eigenvalue weighted by Gasteiger charge is -2.18. The molecular weight excluding hydrogens is 436 g/mol. The molecule has 1 heterocycles. The maximum absolute atomic E-state index is 13.6. The van der Waals surface area contributed by atoms with Crippen molar-refractivity contribution in [3.63, 3.8) is 0 Å². The van der Waals surface area contributed by atoms with E-state index in [1.165, 1.54) is 10.5 Å². The second kappa shape index (κ2) is 9.12. The highest BCUT2D eigenvalue weighted by molar-refractivity contribution is 6.46. The third-order valence-electron chi connectivity index (χ3n) is 5.71. The van der Waals surface area contributed by atoms with Crippen molar-refractivity contribution in [1.82, 2.24) is 0 Å². The van der Waals surface area contributed by atoms with Crippen LogP contribution in [0, 0.1) is 6.92 Å². The molecule has 0 aromatic heterocycles. The Labute approximate surface area is 198 Å². The molecule has 1 aliphatic rings. The fraction of sp³-hybridized carbons (Fsp3) is 0.185. The van der Waals surface area contributed by atoms with Gasteiger partial charge in [-0.25, -0.2) is 4.90 Å². The van der Waals surface area contributed by atoms with E-state index in [0.29, 0.717) is 33.5 Å². The number of nitrogens with zero attached hydrogens (tertiary/aromatic N) is 1. The summed E-state index contributed by atoms with van der Waals surface area (Å²) in [6, 6.07) is 20.1. The van der Waals surface area contributed by atoms with Crippen molar-refractivity contribution in [2.45, 2.75) is 26.7 Å². The lowest BCUT2D eigenvalue weighted by Crippen LogP contribution is -2.33. The first-order valence-electron chi connectivity index (χ1n) is 10.7. The molecule has 5 nitrogen and oxygen atoms in total. The number of anilines is 2. The van der Waals surface area contributed by atoms with E-state index in [9.17, 15) is 9.59 Å². The normalized spacial score (nSPS) is 13.8. The molecule has 0 spiro atoms. The van der Waals surface area contributed by atoms with Crippen LogP contribution in [0.1, 0.15) is 36.5 Å². The van der Waals surface area contributed by atoms with Gasteiger partial charge in [0.1, 0.15) is 11.4 Å². The highest BCUT2D eigenvalue weighted by Gasteiger charge is 2.40. The van der Waals surface area contributed by atoms with Crippen molar-refractivity contribution in [3.8, 4) is 5.75 Å². The molecule has 0 atom stereocenters. The Morgan fingerprint density at radius 1 is 0.909 bits per heavy atom. The zero-order chi connectivity index (χ0) is 23.7. The van der Waals surface area contributed by atoms with Crippen LogP contribution in [0.15, 0.2) is 72.4 Å². The lowest BCUT2D eigenvalue weighted by molar-refractivity contribution is -0.120. The SMILES string of the molecule is COc1ccc(C2=C(Nc3ccc(C(C)C)cc3)C(=O)N(c3ccc(Cl)cc3C)C2=O)cc1. The molecule has 168 valence electrons. The molecule has 0 unspecified atom stereocenters. The van der Waals surface area contributed by atoms with Crippen LogP contribution >= 0.6 is 11.6 Å². The summed E-state index contributed by atoms with van der Waals surface area (Å²) in [6.45, 7) is 6.07. The molecule has 1 N–H and O–H groups in total. The highest BCUT2D eigenvalue weighted by Crippen LogP contribution is 2.36. The summed E-state index contributed by atoms with van der Waals surface area (Å²) >= 11 is 6.10. The molecule has 33 heavy (non-hydrogen) atoms. The number of aryl methyl sites for hydroxylation is 1. The first kappa shape index (κ1) is 22.6. The Morgan fingerprint density at radius 2 is 1.58 bits per heavy atom. The van der Waals surface area contributed by atoms with Crippen LogP contribution in [0.25, 0.3) is 5.57 Å². The minimum absolute atomic E-state index is 0.233. The van der Waals surface area contributed by atoms with Crippen molar-refractivity contribution in [2.75, 3.05) is 17.3 Å². The summed E-state index contributed by atoms with van der Waals surface area (Å²) in [5, 5.41) is 3.75. The molecule has 0 saturated carbocycles. The van der Waals surface area contributed by atoms with Crippen LogP contribution < -0.4 is 15.0 Å². The van der Waals surface area contributed by atoms with Gasteiger partial charge in [0.25, 0.3) is 11.8 Å². The van der Waals surface area contributed by atoms with E-state index >= 15 is 0 Å². The molecule has 0 aliphatic carbocycles. The number of imide groups is 1. The highest BCUT2D eigenvalue weighted by atomic mass is 35.5. The molecule has 3 aromatic carbocycles. The zero-order valence-corrected chi connectivity index (χ0v) is 19.7. The summed E-state index contributed by atoms with van der Waals surface area (Å²) in [7, 11) is 1.58. The van der Waals surface area contributed by atoms with E-state index in [4.69, 9.17) is 16.3 Å². The minimum Gasteiger partial charge on any atom is -0.497 e. The van der Waals surface area contributed by atoms with Crippen LogP contribution in [0.2, 0.25) is 5.02 Å². The number of ether oxygens (including phenoxy) is 1. The van der Waals surface area contributed by atoms with Gasteiger partial charge in [-0.2, -0.15) is 0 Å². The smallest absolute Gasteiger partial charge is 0.282 e. The third-order valence-corrected chi connectivity index (χ3v) is 5.94. The Bertz CT molecular complexity index is 1250. The van der Waals surface area contributed by atoms with Gasteiger partial charge >= 0.3 is 0 Å². The van der Waals surface area contributed by atoms with Crippen LogP contribution in [0.4, 0.5) is 11.4 Å². The maximum Gasteiger partial charge on any atom is 0.282 e. The van der Waals surface area contributed by atoms with Gasteiger partial charge in [0.15, 0.2) is 0 Å². The standard InChI is InChI=1S/C27H25ClN2O3/c1-16(2)18-5-10-21(11-6-18)29-25-24(19-7-12-22(33-4)13-8-19)26(31)30(27(25)32)23-14-9-20(28)15-17(23)3/h5-16,29H,1-4H3. The molecule has 0 fully saturated rings. The molecule has 4 rings (SSSR count). The summed E-state index contributed by atoms with van der Waals surface area (Å²) in [5.74, 6) is 0.257. The monoisotopic (exact) mass is 460 g/mol. The number of carbonyl (C=O) groups excluding carboxylic acids is 2. The molecule has 0 radical (unpaired) electrons. The maximum atomic E-state index is 13.6. The fourth-order valence-corrected chi connectivity index (χ4v) is 4.08. The zero-order valence-electron chi connectivity index (χ0n) is 19.0. The summed E-state index contributed by atoms with van der Waals surface area (Å²) in [4.78, 5) is 28.4. The van der Waals surface area contributed by atoms with Gasteiger partial charge in [0.2, 0.25) is 0 Å². The van der Waals surface area contributed by atoms with Crippen molar-refractivity contribution in [2.24, 2.45) is 0 Å². The van der Waals surface area contributed by atoms with Gasteiger partial charge in [-0.15, -0.1) is 0 Å². The van der Waals surface area contributed by atoms with Gasteiger partial charge in [0.05, 0.1) is 18.4 Å². The average Bonchev–Trinajstić information content (AvgIpc) is 3.04. The summed E-state index contributed by atoms with van der Waals surface area (Å²) < 4.78 is 5.24. The van der Waals surface area contributed by atoms with E-state index in [1.54, 1.807) is 49.6 Å². The number of amides is 2. The second-order valence-electron chi connectivity index (χ2n) is 8.26. The average molecular weight is 461 g/mol. The topological polar surface area (TPSA) is 58.6 Å². The van der Waals surface area contributed by atoms with E-state index in [-0.39, 0.29) is 5.70 Å². The largest absolute Gasteiger partial charge is 0.497 e. The molecule has 0 bridgehead atoms. The summed E-state index contributed by atoms with van der Waals surface area (Å²) in [6.07, 6.45) is 0. The van der Waals surface area contributed by atoms with E-state index in [0.717, 1.165) is 11.3 Å². The van der Waals surface area contributed by atoms with Crippen LogP contribution in [0.5, 0.6) is 5.75 Å². The van der Waals surface area contributed by atoms with Gasteiger partial charge in [-0.3, -0.25) is 9.59 Å². The second-order valence-corrected chi connectivity index (χ2v) is 8.69. The van der Waals surface area contributed by atoms with Gasteiger partial charge < -0.3 is 10.1 Å². The third kappa shape index (κ3) is 4.37. The predicted octanol–water partition coefficient (Wildman–Crippen LogP) is 6.18. The minimum atomic E-state index is -0.413. The number of nitrogens with one attached hydrogen (secondary N) is 1. The predicted molar refractivity (Wildman–Crippen MR) is 133 cm³/mol. The van der Waals surface area contributed by atoms with Crippen molar-refractivity contribution < 1.29 is 14.3 Å². The Kier molecular flexibility index (Phi) is 6.25. The Morgan fingerprint density at radius 3 is 2.15 bits per heavy atom. The Hall–Kier alpha value is -3.57. The van der Waals surface area contributed by atoms with E-state index < -0.39 is 11.8 Å². The molecule has 2 amide bonds. The number of hydrogen-bond acceptors (Lipinski definition) is 4. The van der Waals surface area contributed by atoms with Crippen molar-refractivity contribution >= 4 is 40.4 Å². The van der Waals surface area contributed by atoms with Gasteiger partial charge in [-0.05, 0) is 72.0 Å². The number of carbonyl (C=O) groups is 2. The van der Waals surface area contributed by atoms with Crippen molar-refractivity contribution in [3.05, 3.63) is 94.1 Å². The molecule has 3 aromatic rings. The number of methoxy groups -OCH3 is 1. The lowest BCUT2D eigenvalue weighted by atomic mass is 10.0. The van der Waals surface area contributed by atoms with Crippen LogP contribution in [-0.2, 0) is 9.59 Å². The number of benzene rings is 3. The first-order chi connectivity index (χ1) is 15.8. The van der Waals surface area contributed by atoms with Gasteiger partial charge in [-0.1, -0.05) is 49.7 Å². The number of hydrogen-bond donors (Lipinski definition) is 1. The molecule has 6 heteroatoms. The fourth-order valence-electron chi connectivity index (χ4n) is 3.86. The van der Waals surface area contributed by atoms with Crippen molar-refractivity contribution in [1.29, 1.82) is 0 Å². The first-order valence-corrected chi connectivity index (χ1v) is 11.1. The number of rotatable bonds is 6. The Balaban J connectivity index is 1.79. The molecule has 1 aliphatic heterocycles. The molecule has 0 saturated heterocycles. The molecular formula is C27H25ClN2O3. The van der Waals surface area contributed by atoms with Crippen LogP contribution in [0.3, 0.4) is 0 Å². The summed E-state index contributed by atoms with van der Waals surface area (Å²) in [5.41, 5.74) is 4.34.